The molecule has 0 aliphatic carbocycles. The van der Waals surface area contributed by atoms with Gasteiger partial charge >= 0.3 is 0 Å². The van der Waals surface area contributed by atoms with Gasteiger partial charge in [0, 0.05) is 25.5 Å². The Balaban J connectivity index is 1.12. The number of aliphatic hydroxyl groups excluding tert-OH is 1. The molecular formula is C48H55NO7Si. The van der Waals surface area contributed by atoms with Gasteiger partial charge in [0.05, 0.1) is 26.9 Å². The summed E-state index contributed by atoms with van der Waals surface area (Å²) in [7, 11) is 0.480. The maximum atomic E-state index is 13.9. The fraction of sp³-hybridized carbons (Fsp3) is 0.354. The molecule has 0 aromatic heterocycles. The number of hydrogen-bond donors (Lipinski definition) is 1. The molecule has 7 rings (SSSR count). The number of carbonyl (C=O) groups is 1. The standard InChI is InChI=1S/C48H55NO7Si/c1-47(2,3)57(41-17-11-7-12-18-41,42-19-13-8-14-20-42)56-40-29-30-45(51)49(32-31-40)46-33-43(50)44(55-46)34-54-48(35-15-9-6-10-16-35,36-21-25-38(52-4)26-22-36)37-23-27-39(53-5)28-24-37/h6-28,40,43-44,46,50H,29-34H2,1-5H3/t40-,43-,44+,46-/m0/s1. The number of amides is 1. The Morgan fingerprint density at radius 2 is 1.19 bits per heavy atom. The molecule has 1 N–H and O–H groups in total. The number of carbonyl (C=O) groups excluding carboxylic acids is 1. The van der Waals surface area contributed by atoms with Crippen molar-refractivity contribution < 1.29 is 33.3 Å². The van der Waals surface area contributed by atoms with Gasteiger partial charge in [0.2, 0.25) is 5.91 Å². The van der Waals surface area contributed by atoms with E-state index in [0.29, 0.717) is 32.2 Å². The highest BCUT2D eigenvalue weighted by Crippen LogP contribution is 2.43. The molecule has 0 saturated carbocycles. The van der Waals surface area contributed by atoms with Crippen LogP contribution in [0.15, 0.2) is 140 Å². The average Bonchev–Trinajstić information content (AvgIpc) is 3.51. The van der Waals surface area contributed by atoms with E-state index < -0.39 is 32.4 Å². The molecule has 2 saturated heterocycles. The fourth-order valence-corrected chi connectivity index (χ4v) is 13.4. The number of rotatable bonds is 13. The first-order chi connectivity index (χ1) is 27.6. The minimum atomic E-state index is -2.81. The van der Waals surface area contributed by atoms with Crippen molar-refractivity contribution >= 4 is 24.6 Å². The summed E-state index contributed by atoms with van der Waals surface area (Å²) in [6.07, 6.45) is -0.304. The third kappa shape index (κ3) is 8.18. The van der Waals surface area contributed by atoms with Gasteiger partial charge in [0.15, 0.2) is 0 Å². The summed E-state index contributed by atoms with van der Waals surface area (Å²) in [5.41, 5.74) is 1.63. The Labute approximate surface area is 338 Å². The normalized spacial score (nSPS) is 20.6. The molecule has 298 valence electrons. The Morgan fingerprint density at radius 3 is 1.68 bits per heavy atom. The van der Waals surface area contributed by atoms with Crippen LogP contribution < -0.4 is 19.8 Å². The van der Waals surface area contributed by atoms with Gasteiger partial charge in [-0.3, -0.25) is 4.79 Å². The largest absolute Gasteiger partial charge is 0.497 e. The second-order valence-corrected chi connectivity index (χ2v) is 20.3. The van der Waals surface area contributed by atoms with Crippen LogP contribution in [0.4, 0.5) is 0 Å². The molecule has 5 aromatic carbocycles. The lowest BCUT2D eigenvalue weighted by atomic mass is 9.80. The molecule has 0 radical (unpaired) electrons. The van der Waals surface area contributed by atoms with Crippen molar-refractivity contribution in [2.24, 2.45) is 0 Å². The van der Waals surface area contributed by atoms with Gasteiger partial charge in [-0.1, -0.05) is 136 Å². The molecule has 5 aromatic rings. The van der Waals surface area contributed by atoms with Crippen molar-refractivity contribution in [1.82, 2.24) is 4.90 Å². The Morgan fingerprint density at radius 1 is 0.702 bits per heavy atom. The van der Waals surface area contributed by atoms with E-state index in [1.165, 1.54) is 10.4 Å². The van der Waals surface area contributed by atoms with Crippen LogP contribution in [-0.4, -0.2) is 76.1 Å². The van der Waals surface area contributed by atoms with Crippen LogP contribution in [0.25, 0.3) is 0 Å². The molecule has 2 heterocycles. The molecule has 2 aliphatic rings. The smallest absolute Gasteiger partial charge is 0.261 e. The van der Waals surface area contributed by atoms with Crippen molar-refractivity contribution in [3.63, 3.8) is 0 Å². The maximum absolute atomic E-state index is 13.9. The lowest BCUT2D eigenvalue weighted by Crippen LogP contribution is -2.67. The molecule has 2 fully saturated rings. The molecule has 0 unspecified atom stereocenters. The van der Waals surface area contributed by atoms with E-state index in [1.54, 1.807) is 14.2 Å². The molecule has 57 heavy (non-hydrogen) atoms. The first-order valence-electron chi connectivity index (χ1n) is 20.0. The van der Waals surface area contributed by atoms with Crippen LogP contribution in [0.5, 0.6) is 11.5 Å². The van der Waals surface area contributed by atoms with Crippen LogP contribution in [0.1, 0.15) is 63.1 Å². The van der Waals surface area contributed by atoms with Gasteiger partial charge in [-0.15, -0.1) is 0 Å². The van der Waals surface area contributed by atoms with E-state index in [-0.39, 0.29) is 23.7 Å². The third-order valence-electron chi connectivity index (χ3n) is 11.6. The number of methoxy groups -OCH3 is 2. The van der Waals surface area contributed by atoms with Crippen molar-refractivity contribution in [3.05, 3.63) is 156 Å². The molecule has 8 nitrogen and oxygen atoms in total. The topological polar surface area (TPSA) is 86.7 Å². The predicted molar refractivity (Wildman–Crippen MR) is 226 cm³/mol. The third-order valence-corrected chi connectivity index (χ3v) is 16.7. The van der Waals surface area contributed by atoms with Gasteiger partial charge in [-0.2, -0.15) is 0 Å². The van der Waals surface area contributed by atoms with Gasteiger partial charge in [0.1, 0.15) is 29.4 Å². The van der Waals surface area contributed by atoms with Crippen LogP contribution >= 0.6 is 0 Å². The highest BCUT2D eigenvalue weighted by atomic mass is 28.4. The molecule has 2 aliphatic heterocycles. The Kier molecular flexibility index (Phi) is 12.3. The minimum absolute atomic E-state index is 0.0115. The number of likely N-dealkylation sites (tertiary alicyclic amines) is 1. The lowest BCUT2D eigenvalue weighted by Gasteiger charge is -2.45. The second kappa shape index (κ2) is 17.4. The zero-order valence-electron chi connectivity index (χ0n) is 33.7. The van der Waals surface area contributed by atoms with Gasteiger partial charge in [-0.25, -0.2) is 0 Å². The van der Waals surface area contributed by atoms with Gasteiger partial charge in [-0.05, 0) is 69.2 Å². The highest BCUT2D eigenvalue weighted by Gasteiger charge is 2.52. The molecule has 0 bridgehead atoms. The number of nitrogens with zero attached hydrogens (tertiary/aromatic N) is 1. The van der Waals surface area contributed by atoms with E-state index in [4.69, 9.17) is 23.4 Å². The number of aliphatic hydroxyl groups is 1. The van der Waals surface area contributed by atoms with E-state index in [0.717, 1.165) is 28.2 Å². The van der Waals surface area contributed by atoms with Crippen molar-refractivity contribution in [3.8, 4) is 11.5 Å². The van der Waals surface area contributed by atoms with Crippen LogP contribution in [0.2, 0.25) is 5.04 Å². The highest BCUT2D eigenvalue weighted by molar-refractivity contribution is 6.99. The van der Waals surface area contributed by atoms with Crippen molar-refractivity contribution in [2.45, 2.75) is 81.6 Å². The first kappa shape index (κ1) is 40.4. The van der Waals surface area contributed by atoms with Crippen LogP contribution in [-0.2, 0) is 24.3 Å². The van der Waals surface area contributed by atoms with Crippen LogP contribution in [0, 0.1) is 0 Å². The summed E-state index contributed by atoms with van der Waals surface area (Å²) in [5, 5.41) is 13.8. The van der Waals surface area contributed by atoms with E-state index in [1.807, 2.05) is 95.9 Å². The fourth-order valence-electron chi connectivity index (χ4n) is 8.68. The second-order valence-electron chi connectivity index (χ2n) is 16.1. The molecular weight excluding hydrogens is 731 g/mol. The zero-order valence-corrected chi connectivity index (χ0v) is 34.7. The quantitative estimate of drug-likeness (QED) is 0.0982. The summed E-state index contributed by atoms with van der Waals surface area (Å²) in [5.74, 6) is 1.47. The lowest BCUT2D eigenvalue weighted by molar-refractivity contribution is -0.149. The summed E-state index contributed by atoms with van der Waals surface area (Å²) < 4.78 is 32.1. The Hall–Kier alpha value is -4.77. The molecule has 4 atom stereocenters. The minimum Gasteiger partial charge on any atom is -0.497 e. The van der Waals surface area contributed by atoms with Crippen LogP contribution in [0.3, 0.4) is 0 Å². The number of ether oxygens (including phenoxy) is 4. The summed E-state index contributed by atoms with van der Waals surface area (Å²) in [6.45, 7) is 7.38. The molecule has 1 amide bonds. The molecule has 9 heteroatoms. The zero-order chi connectivity index (χ0) is 40.0. The predicted octanol–water partition coefficient (Wildman–Crippen LogP) is 7.45. The van der Waals surface area contributed by atoms with Gasteiger partial charge in [0.25, 0.3) is 8.32 Å². The average molecular weight is 786 g/mol. The van der Waals surface area contributed by atoms with E-state index in [9.17, 15) is 9.90 Å². The first-order valence-corrected chi connectivity index (χ1v) is 21.9. The van der Waals surface area contributed by atoms with E-state index >= 15 is 0 Å². The number of benzene rings is 5. The monoisotopic (exact) mass is 785 g/mol. The van der Waals surface area contributed by atoms with Gasteiger partial charge < -0.3 is 33.4 Å². The Bertz CT molecular complexity index is 1950. The molecule has 0 spiro atoms. The maximum Gasteiger partial charge on any atom is 0.261 e. The van der Waals surface area contributed by atoms with E-state index in [2.05, 4.69) is 69.3 Å². The summed E-state index contributed by atoms with van der Waals surface area (Å²) >= 11 is 0. The summed E-state index contributed by atoms with van der Waals surface area (Å²) in [6, 6.07) is 47.0. The summed E-state index contributed by atoms with van der Waals surface area (Å²) in [4.78, 5) is 15.7. The SMILES string of the molecule is COc1ccc(C(OC[C@H]2O[C@H](N3CC[C@@H](O[Si](c4ccccc4)(c4ccccc4)C(C)(C)C)CCC3=O)C[C@@H]2O)(c2ccccc2)c2ccc(OC)cc2)cc1. The number of hydrogen-bond acceptors (Lipinski definition) is 7. The van der Waals surface area contributed by atoms with Crippen molar-refractivity contribution in [2.75, 3.05) is 27.4 Å². The van der Waals surface area contributed by atoms with Crippen molar-refractivity contribution in [1.29, 1.82) is 0 Å².